The number of hydrogen-bond donors (Lipinski definition) is 0. The van der Waals surface area contributed by atoms with Crippen LogP contribution in [-0.4, -0.2) is 12.9 Å². The summed E-state index contributed by atoms with van der Waals surface area (Å²) in [4.78, 5) is 10.9. The molecule has 29 heavy (non-hydrogen) atoms. The summed E-state index contributed by atoms with van der Waals surface area (Å²) < 4.78 is 88.5. The molecule has 2 aromatic rings. The van der Waals surface area contributed by atoms with Gasteiger partial charge in [0.15, 0.2) is 6.29 Å². The van der Waals surface area contributed by atoms with E-state index in [1.807, 2.05) is 0 Å². The van der Waals surface area contributed by atoms with E-state index < -0.39 is 35.6 Å². The lowest BCUT2D eigenvalue weighted by molar-refractivity contribution is -0.143. The van der Waals surface area contributed by atoms with Gasteiger partial charge in [-0.1, -0.05) is 17.7 Å². The van der Waals surface area contributed by atoms with Gasteiger partial charge in [0.05, 0.1) is 16.2 Å². The Kier molecular flexibility index (Phi) is 5.53. The maximum absolute atomic E-state index is 13.2. The molecule has 2 aromatic carbocycles. The van der Waals surface area contributed by atoms with Crippen molar-refractivity contribution in [3.63, 3.8) is 0 Å². The highest BCUT2D eigenvalue weighted by Crippen LogP contribution is 2.39. The van der Waals surface area contributed by atoms with Gasteiger partial charge in [0, 0.05) is 22.8 Å². The van der Waals surface area contributed by atoms with Crippen LogP contribution in [0.5, 0.6) is 11.5 Å². The maximum Gasteiger partial charge on any atom is 0.416 e. The molecule has 0 saturated carbocycles. The number of ether oxygens (including phenoxy) is 2. The van der Waals surface area contributed by atoms with Crippen LogP contribution in [0, 0.1) is 0 Å². The number of alkyl halides is 6. The first-order valence-corrected chi connectivity index (χ1v) is 8.39. The Bertz CT molecular complexity index is 979. The van der Waals surface area contributed by atoms with Crippen LogP contribution in [0.4, 0.5) is 26.3 Å². The Morgan fingerprint density at radius 1 is 1.03 bits per heavy atom. The van der Waals surface area contributed by atoms with E-state index in [1.54, 1.807) is 0 Å². The Balaban J connectivity index is 1.85. The number of rotatable bonds is 4. The molecule has 0 unspecified atom stereocenters. The third-order valence-corrected chi connectivity index (χ3v) is 4.58. The number of halogens is 7. The van der Waals surface area contributed by atoms with Crippen molar-refractivity contribution in [3.8, 4) is 11.5 Å². The smallest absolute Gasteiger partial charge is 0.416 e. The molecule has 1 heterocycles. The van der Waals surface area contributed by atoms with Crippen LogP contribution in [0.3, 0.4) is 0 Å². The molecule has 0 radical (unpaired) electrons. The van der Waals surface area contributed by atoms with Crippen LogP contribution in [-0.2, 0) is 23.8 Å². The van der Waals surface area contributed by atoms with Crippen LogP contribution < -0.4 is 9.47 Å². The lowest BCUT2D eigenvalue weighted by Crippen LogP contribution is -2.14. The van der Waals surface area contributed by atoms with E-state index in [9.17, 15) is 31.1 Å². The number of aldehydes is 1. The highest BCUT2D eigenvalue weighted by molar-refractivity contribution is 6.51. The van der Waals surface area contributed by atoms with Crippen molar-refractivity contribution >= 4 is 22.9 Å². The van der Waals surface area contributed by atoms with Crippen molar-refractivity contribution in [2.45, 2.75) is 19.0 Å². The summed E-state index contributed by atoms with van der Waals surface area (Å²) in [5, 5.41) is 0.190. The van der Waals surface area contributed by atoms with Crippen molar-refractivity contribution < 1.29 is 40.6 Å². The summed E-state index contributed by atoms with van der Waals surface area (Å²) in [5.41, 5.74) is -2.62. The second-order valence-electron chi connectivity index (χ2n) is 6.06. The molecule has 0 fully saturated rings. The predicted molar refractivity (Wildman–Crippen MR) is 91.6 cm³/mol. The molecular formula is C19H11ClF6O3. The van der Waals surface area contributed by atoms with E-state index in [0.29, 0.717) is 17.9 Å². The minimum atomic E-state index is -4.98. The van der Waals surface area contributed by atoms with Gasteiger partial charge in [0.25, 0.3) is 0 Å². The Morgan fingerprint density at radius 3 is 2.38 bits per heavy atom. The summed E-state index contributed by atoms with van der Waals surface area (Å²) >= 11 is 6.07. The van der Waals surface area contributed by atoms with Crippen LogP contribution in [0.1, 0.15) is 22.3 Å². The average molecular weight is 437 g/mol. The Hall–Kier alpha value is -2.68. The van der Waals surface area contributed by atoms with Crippen LogP contribution >= 0.6 is 11.6 Å². The van der Waals surface area contributed by atoms with Crippen LogP contribution in [0.15, 0.2) is 42.0 Å². The van der Waals surface area contributed by atoms with E-state index in [2.05, 4.69) is 0 Å². The van der Waals surface area contributed by atoms with Gasteiger partial charge in [-0.05, 0) is 24.3 Å². The van der Waals surface area contributed by atoms with Crippen LogP contribution in [0.2, 0.25) is 0 Å². The second kappa shape index (κ2) is 7.62. The molecule has 1 aliphatic heterocycles. The molecule has 3 rings (SSSR count). The first-order valence-electron chi connectivity index (χ1n) is 8.02. The fraction of sp³-hybridized carbons (Fsp3) is 0.211. The van der Waals surface area contributed by atoms with Crippen molar-refractivity contribution in [1.82, 2.24) is 0 Å². The first-order chi connectivity index (χ1) is 13.5. The summed E-state index contributed by atoms with van der Waals surface area (Å²) in [6, 6.07) is 5.59. The van der Waals surface area contributed by atoms with Crippen molar-refractivity contribution in [3.05, 3.63) is 64.2 Å². The average Bonchev–Trinajstić information content (AvgIpc) is 2.65. The monoisotopic (exact) mass is 436 g/mol. The van der Waals surface area contributed by atoms with E-state index >= 15 is 0 Å². The van der Waals surface area contributed by atoms with E-state index in [0.717, 1.165) is 6.07 Å². The molecule has 10 heteroatoms. The van der Waals surface area contributed by atoms with Crippen LogP contribution in [0.25, 0.3) is 5.03 Å². The summed E-state index contributed by atoms with van der Waals surface area (Å²) in [6.07, 6.45) is -9.33. The highest BCUT2D eigenvalue weighted by Gasteiger charge is 2.38. The van der Waals surface area contributed by atoms with Crippen molar-refractivity contribution in [1.29, 1.82) is 0 Å². The first kappa shape index (κ1) is 21.0. The number of hydrogen-bond acceptors (Lipinski definition) is 3. The molecule has 154 valence electrons. The fourth-order valence-corrected chi connectivity index (χ4v) is 2.93. The van der Waals surface area contributed by atoms with Gasteiger partial charge in [-0.2, -0.15) is 26.3 Å². The normalized spacial score (nSPS) is 14.3. The molecule has 0 atom stereocenters. The van der Waals surface area contributed by atoms with Gasteiger partial charge in [0.2, 0.25) is 0 Å². The number of fused-ring (bicyclic) bond motifs is 1. The fourth-order valence-electron chi connectivity index (χ4n) is 2.67. The van der Waals surface area contributed by atoms with Gasteiger partial charge in [-0.25, -0.2) is 0 Å². The van der Waals surface area contributed by atoms with E-state index in [1.165, 1.54) is 18.2 Å². The van der Waals surface area contributed by atoms with Gasteiger partial charge < -0.3 is 9.47 Å². The second-order valence-corrected chi connectivity index (χ2v) is 6.44. The third kappa shape index (κ3) is 4.50. The van der Waals surface area contributed by atoms with Crippen molar-refractivity contribution in [2.75, 3.05) is 6.61 Å². The zero-order chi connectivity index (χ0) is 21.4. The Morgan fingerprint density at radius 2 is 1.76 bits per heavy atom. The van der Waals surface area contributed by atoms with Gasteiger partial charge in [-0.3, -0.25) is 4.79 Å². The van der Waals surface area contributed by atoms with Crippen molar-refractivity contribution in [2.24, 2.45) is 0 Å². The quantitative estimate of drug-likeness (QED) is 0.446. The molecule has 3 nitrogen and oxygen atoms in total. The molecule has 0 N–H and O–H groups in total. The zero-order valence-corrected chi connectivity index (χ0v) is 15.1. The molecule has 0 saturated heterocycles. The summed E-state index contributed by atoms with van der Waals surface area (Å²) in [5.74, 6) is 0.386. The largest absolute Gasteiger partial charge is 0.489 e. The number of carbonyl (C=O) groups is 1. The van der Waals surface area contributed by atoms with E-state index in [-0.39, 0.29) is 34.8 Å². The molecule has 0 bridgehead atoms. The minimum absolute atomic E-state index is 0.0557. The SMILES string of the molecule is O=CC1=C(Cl)c2ccc(OCc3ccc(C(F)(F)F)cc3C(F)(F)F)cc2OC1. The zero-order valence-electron chi connectivity index (χ0n) is 14.3. The molecule has 0 aromatic heterocycles. The lowest BCUT2D eigenvalue weighted by atomic mass is 10.0. The predicted octanol–water partition coefficient (Wildman–Crippen LogP) is 5.84. The maximum atomic E-state index is 13.2. The molecule has 0 aliphatic carbocycles. The van der Waals surface area contributed by atoms with Gasteiger partial charge in [-0.15, -0.1) is 0 Å². The summed E-state index contributed by atoms with van der Waals surface area (Å²) in [7, 11) is 0. The molecule has 1 aliphatic rings. The summed E-state index contributed by atoms with van der Waals surface area (Å²) in [6.45, 7) is -0.690. The van der Waals surface area contributed by atoms with Gasteiger partial charge >= 0.3 is 12.4 Å². The molecule has 0 spiro atoms. The Labute approximate surface area is 165 Å². The lowest BCUT2D eigenvalue weighted by Gasteiger charge is -2.20. The molecular weight excluding hydrogens is 426 g/mol. The highest BCUT2D eigenvalue weighted by atomic mass is 35.5. The number of benzene rings is 2. The topological polar surface area (TPSA) is 35.5 Å². The standard InChI is InChI=1S/C19H11ClF6O3/c20-17-11(7-27)9-29-16-6-13(3-4-14(16)17)28-8-10-1-2-12(18(21,22)23)5-15(10)19(24,25)26/h1-7H,8-9H2. The van der Waals surface area contributed by atoms with E-state index in [4.69, 9.17) is 21.1 Å². The molecule has 0 amide bonds. The third-order valence-electron chi connectivity index (χ3n) is 4.13. The number of carbonyl (C=O) groups excluding carboxylic acids is 1. The van der Waals surface area contributed by atoms with Gasteiger partial charge in [0.1, 0.15) is 24.7 Å². The minimum Gasteiger partial charge on any atom is -0.489 e.